The van der Waals surface area contributed by atoms with Gasteiger partial charge in [-0.05, 0) is 44.2 Å². The number of unbranched alkanes of at least 4 members (excludes halogenated alkanes) is 2. The number of aromatic nitrogens is 1. The Labute approximate surface area is 108 Å². The van der Waals surface area contributed by atoms with Crippen molar-refractivity contribution in [1.82, 2.24) is 4.98 Å². The Balaban J connectivity index is 2.03. The van der Waals surface area contributed by atoms with Crippen LogP contribution in [0.3, 0.4) is 0 Å². The Hall–Kier alpha value is -1.84. The van der Waals surface area contributed by atoms with Crippen molar-refractivity contribution in [2.24, 2.45) is 5.73 Å². The third-order valence-corrected chi connectivity index (χ3v) is 2.42. The van der Waals surface area contributed by atoms with Gasteiger partial charge in [0.1, 0.15) is 0 Å². The van der Waals surface area contributed by atoms with Crippen molar-refractivity contribution in [2.45, 2.75) is 32.6 Å². The van der Waals surface area contributed by atoms with Crippen LogP contribution in [0.1, 0.15) is 31.7 Å². The average molecular weight is 248 g/mol. The Bertz CT molecular complexity index is 384. The van der Waals surface area contributed by atoms with Gasteiger partial charge in [0.25, 0.3) is 0 Å². The van der Waals surface area contributed by atoms with Gasteiger partial charge in [0.05, 0.1) is 6.61 Å². The van der Waals surface area contributed by atoms with Crippen LogP contribution in [0, 0.1) is 0 Å². The molecule has 0 radical (unpaired) electrons. The molecule has 0 aliphatic heterocycles. The van der Waals surface area contributed by atoms with E-state index in [-0.39, 0.29) is 5.97 Å². The van der Waals surface area contributed by atoms with E-state index in [0.29, 0.717) is 12.3 Å². The Morgan fingerprint density at radius 3 is 2.94 bits per heavy atom. The van der Waals surface area contributed by atoms with Crippen molar-refractivity contribution in [3.05, 3.63) is 41.9 Å². The summed E-state index contributed by atoms with van der Waals surface area (Å²) in [5.74, 6) is -0.359. The van der Waals surface area contributed by atoms with E-state index in [1.807, 2.05) is 12.3 Å². The van der Waals surface area contributed by atoms with E-state index >= 15 is 0 Å². The number of ether oxygens (including phenoxy) is 1. The zero-order chi connectivity index (χ0) is 13.2. The van der Waals surface area contributed by atoms with Crippen LogP contribution in [-0.4, -0.2) is 17.6 Å². The normalized spacial score (nSPS) is 11.3. The molecule has 0 fully saturated rings. The number of nitrogens with two attached hydrogens (primary N) is 1. The van der Waals surface area contributed by atoms with E-state index in [1.54, 1.807) is 13.1 Å². The summed E-state index contributed by atoms with van der Waals surface area (Å²) < 4.78 is 5.00. The standard InChI is InChI=1S/C14H20N2O2/c1-12(15)10-14(17)18-9-4-2-3-6-13-7-5-8-16-11-13/h5,7-8,10-11H,2-4,6,9,15H2,1H3/b12-10-. The van der Waals surface area contributed by atoms with Gasteiger partial charge >= 0.3 is 5.97 Å². The molecule has 0 atom stereocenters. The number of hydrogen-bond acceptors (Lipinski definition) is 4. The number of aryl methyl sites for hydroxylation is 1. The first-order chi connectivity index (χ1) is 8.68. The maximum atomic E-state index is 11.1. The highest BCUT2D eigenvalue weighted by molar-refractivity contribution is 5.82. The fraction of sp³-hybridized carbons (Fsp3) is 0.429. The number of allylic oxidation sites excluding steroid dienone is 1. The van der Waals surface area contributed by atoms with Crippen molar-refractivity contribution >= 4 is 5.97 Å². The number of esters is 1. The maximum Gasteiger partial charge on any atom is 0.332 e. The number of rotatable bonds is 7. The number of carbonyl (C=O) groups excluding carboxylic acids is 1. The summed E-state index contributed by atoms with van der Waals surface area (Å²) in [5.41, 5.74) is 7.08. The van der Waals surface area contributed by atoms with Crippen LogP contribution in [-0.2, 0) is 16.0 Å². The Kier molecular flexibility index (Phi) is 6.54. The minimum atomic E-state index is -0.359. The molecule has 1 aromatic rings. The van der Waals surface area contributed by atoms with E-state index in [0.717, 1.165) is 25.7 Å². The molecule has 1 aromatic heterocycles. The highest BCUT2D eigenvalue weighted by atomic mass is 16.5. The highest BCUT2D eigenvalue weighted by Crippen LogP contribution is 2.05. The highest BCUT2D eigenvalue weighted by Gasteiger charge is 1.98. The van der Waals surface area contributed by atoms with Crippen molar-refractivity contribution in [3.63, 3.8) is 0 Å². The van der Waals surface area contributed by atoms with Gasteiger partial charge < -0.3 is 10.5 Å². The molecule has 2 N–H and O–H groups in total. The molecular weight excluding hydrogens is 228 g/mol. The molecule has 1 rings (SSSR count). The summed E-state index contributed by atoms with van der Waals surface area (Å²) in [6.45, 7) is 2.12. The smallest absolute Gasteiger partial charge is 0.332 e. The monoisotopic (exact) mass is 248 g/mol. The SMILES string of the molecule is C/C(N)=C/C(=O)OCCCCCc1cccnc1. The lowest BCUT2D eigenvalue weighted by Crippen LogP contribution is -2.05. The first kappa shape index (κ1) is 14.2. The summed E-state index contributed by atoms with van der Waals surface area (Å²) in [6.07, 6.45) is 8.97. The van der Waals surface area contributed by atoms with E-state index in [9.17, 15) is 4.79 Å². The lowest BCUT2D eigenvalue weighted by molar-refractivity contribution is -0.137. The number of pyridine rings is 1. The second kappa shape index (κ2) is 8.28. The van der Waals surface area contributed by atoms with Crippen molar-refractivity contribution < 1.29 is 9.53 Å². The zero-order valence-electron chi connectivity index (χ0n) is 10.8. The topological polar surface area (TPSA) is 65.2 Å². The van der Waals surface area contributed by atoms with Crippen LogP contribution >= 0.6 is 0 Å². The molecule has 0 aliphatic carbocycles. The lowest BCUT2D eigenvalue weighted by Gasteiger charge is -2.03. The number of carbonyl (C=O) groups is 1. The van der Waals surface area contributed by atoms with E-state index < -0.39 is 0 Å². The molecule has 98 valence electrons. The molecule has 0 spiro atoms. The molecule has 0 unspecified atom stereocenters. The second-order valence-electron chi connectivity index (χ2n) is 4.23. The van der Waals surface area contributed by atoms with Crippen LogP contribution in [0.4, 0.5) is 0 Å². The van der Waals surface area contributed by atoms with E-state index in [4.69, 9.17) is 10.5 Å². The summed E-state index contributed by atoms with van der Waals surface area (Å²) in [7, 11) is 0. The third kappa shape index (κ3) is 6.68. The molecule has 0 bridgehead atoms. The van der Waals surface area contributed by atoms with Crippen LogP contribution in [0.2, 0.25) is 0 Å². The largest absolute Gasteiger partial charge is 0.462 e. The van der Waals surface area contributed by atoms with Crippen LogP contribution in [0.25, 0.3) is 0 Å². The third-order valence-electron chi connectivity index (χ3n) is 2.42. The predicted octanol–water partition coefficient (Wildman–Crippen LogP) is 2.20. The van der Waals surface area contributed by atoms with Crippen molar-refractivity contribution in [3.8, 4) is 0 Å². The van der Waals surface area contributed by atoms with Gasteiger partial charge in [0.15, 0.2) is 0 Å². The summed E-state index contributed by atoms with van der Waals surface area (Å²) in [4.78, 5) is 15.2. The Morgan fingerprint density at radius 2 is 2.28 bits per heavy atom. The number of hydrogen-bond donors (Lipinski definition) is 1. The minimum Gasteiger partial charge on any atom is -0.462 e. The first-order valence-corrected chi connectivity index (χ1v) is 6.18. The summed E-state index contributed by atoms with van der Waals surface area (Å²) >= 11 is 0. The molecular formula is C14H20N2O2. The second-order valence-corrected chi connectivity index (χ2v) is 4.23. The molecule has 18 heavy (non-hydrogen) atoms. The molecule has 0 aliphatic rings. The van der Waals surface area contributed by atoms with Gasteiger partial charge in [-0.2, -0.15) is 0 Å². The van der Waals surface area contributed by atoms with Crippen LogP contribution in [0.5, 0.6) is 0 Å². The van der Waals surface area contributed by atoms with Gasteiger partial charge in [0.2, 0.25) is 0 Å². The van der Waals surface area contributed by atoms with Gasteiger partial charge in [0, 0.05) is 24.2 Å². The van der Waals surface area contributed by atoms with E-state index in [2.05, 4.69) is 11.1 Å². The van der Waals surface area contributed by atoms with E-state index in [1.165, 1.54) is 11.6 Å². The molecule has 0 amide bonds. The van der Waals surface area contributed by atoms with Gasteiger partial charge in [-0.1, -0.05) is 6.07 Å². The quantitative estimate of drug-likeness (QED) is 0.456. The predicted molar refractivity (Wildman–Crippen MR) is 70.7 cm³/mol. The summed E-state index contributed by atoms with van der Waals surface area (Å²) in [6, 6.07) is 4.01. The Morgan fingerprint density at radius 1 is 1.44 bits per heavy atom. The molecule has 0 saturated carbocycles. The van der Waals surface area contributed by atoms with Crippen LogP contribution in [0.15, 0.2) is 36.3 Å². The average Bonchev–Trinajstić information content (AvgIpc) is 2.34. The first-order valence-electron chi connectivity index (χ1n) is 6.18. The molecule has 0 aromatic carbocycles. The maximum absolute atomic E-state index is 11.1. The number of nitrogens with zero attached hydrogens (tertiary/aromatic N) is 1. The van der Waals surface area contributed by atoms with Crippen molar-refractivity contribution in [1.29, 1.82) is 0 Å². The van der Waals surface area contributed by atoms with Gasteiger partial charge in [-0.25, -0.2) is 4.79 Å². The molecule has 4 heteroatoms. The molecule has 1 heterocycles. The van der Waals surface area contributed by atoms with Gasteiger partial charge in [-0.15, -0.1) is 0 Å². The van der Waals surface area contributed by atoms with Crippen LogP contribution < -0.4 is 5.73 Å². The minimum absolute atomic E-state index is 0.359. The fourth-order valence-electron chi connectivity index (χ4n) is 1.55. The molecule has 4 nitrogen and oxygen atoms in total. The fourth-order valence-corrected chi connectivity index (χ4v) is 1.55. The van der Waals surface area contributed by atoms with Crippen molar-refractivity contribution in [2.75, 3.05) is 6.61 Å². The zero-order valence-corrected chi connectivity index (χ0v) is 10.8. The van der Waals surface area contributed by atoms with Gasteiger partial charge in [-0.3, -0.25) is 4.98 Å². The summed E-state index contributed by atoms with van der Waals surface area (Å²) in [5, 5.41) is 0. The molecule has 0 saturated heterocycles. The lowest BCUT2D eigenvalue weighted by atomic mass is 10.1.